The maximum Gasteiger partial charge on any atom is 0.273 e. The first-order chi connectivity index (χ1) is 16.5. The molecule has 0 aliphatic carbocycles. The summed E-state index contributed by atoms with van der Waals surface area (Å²) in [5.41, 5.74) is 1.68. The molecule has 3 aromatic rings. The molecule has 7 nitrogen and oxygen atoms in total. The van der Waals surface area contributed by atoms with E-state index in [4.69, 9.17) is 15.3 Å². The number of nitrogens with one attached hydrogen (secondary N) is 1. The number of rotatable bonds is 7. The fourth-order valence-corrected chi connectivity index (χ4v) is 5.04. The van der Waals surface area contributed by atoms with Gasteiger partial charge in [0.1, 0.15) is 5.82 Å². The van der Waals surface area contributed by atoms with Crippen LogP contribution in [0.5, 0.6) is 5.19 Å². The van der Waals surface area contributed by atoms with Crippen molar-refractivity contribution in [2.24, 2.45) is 0 Å². The second-order valence-electron chi connectivity index (χ2n) is 7.86. The number of amides is 1. The summed E-state index contributed by atoms with van der Waals surface area (Å²) in [6.07, 6.45) is 2.50. The van der Waals surface area contributed by atoms with Gasteiger partial charge in [0.05, 0.1) is 41.5 Å². The Morgan fingerprint density at radius 3 is 2.68 bits per heavy atom. The van der Waals surface area contributed by atoms with Gasteiger partial charge in [0.15, 0.2) is 0 Å². The van der Waals surface area contributed by atoms with Gasteiger partial charge in [0, 0.05) is 30.2 Å². The van der Waals surface area contributed by atoms with Crippen LogP contribution in [0, 0.1) is 28.5 Å². The summed E-state index contributed by atoms with van der Waals surface area (Å²) in [7, 11) is 0. The van der Waals surface area contributed by atoms with E-state index in [1.807, 2.05) is 25.1 Å². The number of hydrogen-bond donors (Lipinski definition) is 1. The topological polar surface area (TPSA) is 102 Å². The summed E-state index contributed by atoms with van der Waals surface area (Å²) >= 11 is 1.47. The third-order valence-corrected chi connectivity index (χ3v) is 6.62. The Bertz CT molecular complexity index is 1260. The van der Waals surface area contributed by atoms with Crippen LogP contribution in [0.4, 0.5) is 4.39 Å². The van der Waals surface area contributed by atoms with Crippen LogP contribution in [0.1, 0.15) is 51.3 Å². The van der Waals surface area contributed by atoms with E-state index >= 15 is 0 Å². The Morgan fingerprint density at radius 2 is 2.00 bits per heavy atom. The average molecular weight is 476 g/mol. The van der Waals surface area contributed by atoms with Gasteiger partial charge in [0.25, 0.3) is 11.1 Å². The van der Waals surface area contributed by atoms with Crippen molar-refractivity contribution >= 4 is 17.2 Å². The van der Waals surface area contributed by atoms with Gasteiger partial charge < -0.3 is 10.1 Å². The second-order valence-corrected chi connectivity index (χ2v) is 8.88. The van der Waals surface area contributed by atoms with Crippen molar-refractivity contribution in [3.05, 3.63) is 81.6 Å². The minimum atomic E-state index is -0.713. The van der Waals surface area contributed by atoms with Crippen LogP contribution in [-0.2, 0) is 0 Å². The van der Waals surface area contributed by atoms with Crippen molar-refractivity contribution in [2.45, 2.75) is 25.4 Å². The van der Waals surface area contributed by atoms with Crippen molar-refractivity contribution in [1.29, 1.82) is 10.5 Å². The number of benzene rings is 2. The standard InChI is InChI=1S/C25H22FN5O2S/c1-2-33-25-29-14-22(34-25)23(18-6-3-16(12-27)4-7-18)31-10-9-19(15-31)30-24(32)20-8-5-17(13-28)11-21(20)26/h3-8,11,14,19,23H,2,9-10,15H2,1H3,(H,30,32)/t19-,23?/m1/s1. The van der Waals surface area contributed by atoms with Crippen molar-refractivity contribution in [3.8, 4) is 17.3 Å². The summed E-state index contributed by atoms with van der Waals surface area (Å²) in [5, 5.41) is 21.6. The zero-order chi connectivity index (χ0) is 24.1. The van der Waals surface area contributed by atoms with Gasteiger partial charge in [-0.1, -0.05) is 23.5 Å². The predicted molar refractivity (Wildman–Crippen MR) is 125 cm³/mol. The second kappa shape index (κ2) is 10.4. The highest BCUT2D eigenvalue weighted by Gasteiger charge is 2.32. The number of halogens is 1. The molecule has 0 saturated carbocycles. The van der Waals surface area contributed by atoms with Crippen LogP contribution in [-0.4, -0.2) is 41.5 Å². The van der Waals surface area contributed by atoms with E-state index in [1.54, 1.807) is 18.3 Å². The first kappa shape index (κ1) is 23.4. The summed E-state index contributed by atoms with van der Waals surface area (Å²) in [6, 6.07) is 15.0. The molecule has 34 heavy (non-hydrogen) atoms. The smallest absolute Gasteiger partial charge is 0.273 e. The van der Waals surface area contributed by atoms with Crippen molar-refractivity contribution in [2.75, 3.05) is 19.7 Å². The molecule has 9 heteroatoms. The molecule has 2 atom stereocenters. The zero-order valence-electron chi connectivity index (χ0n) is 18.5. The Labute approximate surface area is 201 Å². The van der Waals surface area contributed by atoms with Gasteiger partial charge in [-0.25, -0.2) is 9.37 Å². The first-order valence-corrected chi connectivity index (χ1v) is 11.7. The molecule has 1 aliphatic rings. The third-order valence-electron chi connectivity index (χ3n) is 5.66. The number of carbonyl (C=O) groups is 1. The molecule has 0 radical (unpaired) electrons. The van der Waals surface area contributed by atoms with Gasteiger partial charge in [-0.05, 0) is 49.2 Å². The van der Waals surface area contributed by atoms with Crippen molar-refractivity contribution < 1.29 is 13.9 Å². The maximum atomic E-state index is 14.3. The fourth-order valence-electron chi connectivity index (χ4n) is 4.05. The lowest BCUT2D eigenvalue weighted by Crippen LogP contribution is -2.38. The predicted octanol–water partition coefficient (Wildman–Crippen LogP) is 4.02. The zero-order valence-corrected chi connectivity index (χ0v) is 19.3. The molecule has 2 heterocycles. The van der Waals surface area contributed by atoms with Gasteiger partial charge in [-0.3, -0.25) is 9.69 Å². The minimum absolute atomic E-state index is 0.0788. The van der Waals surface area contributed by atoms with Gasteiger partial charge >= 0.3 is 0 Å². The lowest BCUT2D eigenvalue weighted by molar-refractivity contribution is 0.0933. The Morgan fingerprint density at radius 1 is 1.26 bits per heavy atom. The molecule has 172 valence electrons. The molecule has 1 aromatic heterocycles. The summed E-state index contributed by atoms with van der Waals surface area (Å²) < 4.78 is 19.8. The number of carbonyl (C=O) groups excluding carboxylic acids is 1. The Kier molecular flexibility index (Phi) is 7.17. The van der Waals surface area contributed by atoms with Crippen molar-refractivity contribution in [1.82, 2.24) is 15.2 Å². The number of thiazole rings is 1. The van der Waals surface area contributed by atoms with Gasteiger partial charge in [0.2, 0.25) is 0 Å². The highest BCUT2D eigenvalue weighted by Crippen LogP contribution is 2.37. The van der Waals surface area contributed by atoms with Crippen LogP contribution in [0.25, 0.3) is 0 Å². The van der Waals surface area contributed by atoms with E-state index in [0.29, 0.717) is 36.9 Å². The maximum absolute atomic E-state index is 14.3. The quantitative estimate of drug-likeness (QED) is 0.554. The molecule has 1 fully saturated rings. The number of likely N-dealkylation sites (tertiary alicyclic amines) is 1. The number of hydrogen-bond acceptors (Lipinski definition) is 7. The van der Waals surface area contributed by atoms with E-state index in [9.17, 15) is 9.18 Å². The molecule has 4 rings (SSSR count). The third kappa shape index (κ3) is 5.07. The fraction of sp³-hybridized carbons (Fsp3) is 0.280. The first-order valence-electron chi connectivity index (χ1n) is 10.9. The summed E-state index contributed by atoms with van der Waals surface area (Å²) in [6.45, 7) is 3.71. The number of ether oxygens (including phenoxy) is 1. The highest BCUT2D eigenvalue weighted by atomic mass is 32.1. The van der Waals surface area contributed by atoms with Crippen LogP contribution in [0.3, 0.4) is 0 Å². The van der Waals surface area contributed by atoms with Gasteiger partial charge in [-0.15, -0.1) is 0 Å². The van der Waals surface area contributed by atoms with E-state index in [1.165, 1.54) is 23.5 Å². The van der Waals surface area contributed by atoms with Crippen LogP contribution in [0.15, 0.2) is 48.7 Å². The Hall–Kier alpha value is -3.79. The van der Waals surface area contributed by atoms with Crippen LogP contribution in [0.2, 0.25) is 0 Å². The molecular formula is C25H22FN5O2S. The molecule has 1 aliphatic heterocycles. The largest absolute Gasteiger partial charge is 0.470 e. The van der Waals surface area contributed by atoms with E-state index in [-0.39, 0.29) is 23.2 Å². The molecule has 0 spiro atoms. The minimum Gasteiger partial charge on any atom is -0.470 e. The Balaban J connectivity index is 1.53. The number of aromatic nitrogens is 1. The van der Waals surface area contributed by atoms with Gasteiger partial charge in [-0.2, -0.15) is 10.5 Å². The molecular weight excluding hydrogens is 453 g/mol. The van der Waals surface area contributed by atoms with Crippen LogP contribution >= 0.6 is 11.3 Å². The molecule has 2 aromatic carbocycles. The molecule has 1 saturated heterocycles. The van der Waals surface area contributed by atoms with Crippen LogP contribution < -0.4 is 10.1 Å². The highest BCUT2D eigenvalue weighted by molar-refractivity contribution is 7.13. The summed E-state index contributed by atoms with van der Waals surface area (Å²) in [5.74, 6) is -1.21. The summed E-state index contributed by atoms with van der Waals surface area (Å²) in [4.78, 5) is 20.3. The average Bonchev–Trinajstić information content (AvgIpc) is 3.50. The molecule has 1 amide bonds. The monoisotopic (exact) mass is 475 g/mol. The number of nitrogens with zero attached hydrogens (tertiary/aromatic N) is 4. The lowest BCUT2D eigenvalue weighted by atomic mass is 10.0. The lowest BCUT2D eigenvalue weighted by Gasteiger charge is -2.27. The number of nitriles is 2. The van der Waals surface area contributed by atoms with E-state index < -0.39 is 11.7 Å². The molecule has 0 bridgehead atoms. The van der Waals surface area contributed by atoms with E-state index in [2.05, 4.69) is 21.3 Å². The van der Waals surface area contributed by atoms with E-state index in [0.717, 1.165) is 16.5 Å². The SMILES string of the molecule is CCOc1ncc(C(c2ccc(C#N)cc2)N2CC[C@@H](NC(=O)c3ccc(C#N)cc3F)C2)s1. The molecule has 1 N–H and O–H groups in total. The normalized spacial score (nSPS) is 16.4. The van der Waals surface area contributed by atoms with Crippen molar-refractivity contribution in [3.63, 3.8) is 0 Å². The molecule has 1 unspecified atom stereocenters.